The van der Waals surface area contributed by atoms with Crippen molar-refractivity contribution in [2.45, 2.75) is 64.6 Å². The van der Waals surface area contributed by atoms with E-state index in [4.69, 9.17) is 9.47 Å². The fraction of sp³-hybridized carbons (Fsp3) is 0.312. The number of benzene rings is 4. The number of esters is 2. The summed E-state index contributed by atoms with van der Waals surface area (Å²) in [5.41, 5.74) is 0.666. The minimum atomic E-state index is -0.730. The van der Waals surface area contributed by atoms with E-state index in [-0.39, 0.29) is 56.6 Å². The molecule has 0 aromatic heterocycles. The first kappa shape index (κ1) is 27.3. The van der Waals surface area contributed by atoms with E-state index >= 15 is 0 Å². The van der Waals surface area contributed by atoms with Crippen molar-refractivity contribution in [3.63, 3.8) is 0 Å². The van der Waals surface area contributed by atoms with Crippen LogP contribution in [0.25, 0.3) is 32.7 Å². The third-order valence-electron chi connectivity index (χ3n) is 8.20. The largest absolute Gasteiger partial charge is 0.507 e. The van der Waals surface area contributed by atoms with Gasteiger partial charge >= 0.3 is 11.9 Å². The first-order chi connectivity index (χ1) is 20.0. The molecule has 0 unspecified atom stereocenters. The molecule has 4 aromatic carbocycles. The highest BCUT2D eigenvalue weighted by Crippen LogP contribution is 2.54. The molecule has 0 amide bonds. The molecule has 6 N–H and O–H groups in total. The van der Waals surface area contributed by atoms with Crippen LogP contribution in [0.3, 0.4) is 0 Å². The Morgan fingerprint density at radius 2 is 0.976 bits per heavy atom. The monoisotopic (exact) mass is 574 g/mol. The molecule has 10 nitrogen and oxygen atoms in total. The molecule has 0 fully saturated rings. The molecule has 0 spiro atoms. The van der Waals surface area contributed by atoms with Crippen molar-refractivity contribution in [1.29, 1.82) is 0 Å². The molecule has 4 aromatic rings. The van der Waals surface area contributed by atoms with Crippen LogP contribution in [0.2, 0.25) is 0 Å². The Bertz CT molecular complexity index is 1690. The van der Waals surface area contributed by atoms with E-state index in [0.717, 1.165) is 25.0 Å². The highest BCUT2D eigenvalue weighted by Gasteiger charge is 2.35. The van der Waals surface area contributed by atoms with Gasteiger partial charge in [0, 0.05) is 46.9 Å². The molecule has 2 aliphatic rings. The smallest absolute Gasteiger partial charge is 0.342 e. The zero-order valence-corrected chi connectivity index (χ0v) is 23.0. The molecule has 2 heterocycles. The lowest BCUT2D eigenvalue weighted by Crippen LogP contribution is -2.27. The quantitative estimate of drug-likeness (QED) is 0.163. The van der Waals surface area contributed by atoms with Crippen LogP contribution in [-0.4, -0.2) is 54.8 Å². The maximum atomic E-state index is 12.9. The van der Waals surface area contributed by atoms with Crippen LogP contribution in [-0.2, 0) is 22.3 Å². The fourth-order valence-corrected chi connectivity index (χ4v) is 6.45. The molecule has 0 aliphatic carbocycles. The van der Waals surface area contributed by atoms with Gasteiger partial charge in [-0.05, 0) is 36.1 Å². The molecule has 2 aliphatic heterocycles. The first-order valence-corrected chi connectivity index (χ1v) is 13.9. The van der Waals surface area contributed by atoms with E-state index in [1.165, 1.54) is 0 Å². The number of ether oxygens (including phenoxy) is 2. The van der Waals surface area contributed by atoms with Crippen molar-refractivity contribution < 1.29 is 49.7 Å². The summed E-state index contributed by atoms with van der Waals surface area (Å²) in [6.45, 7) is 3.90. The summed E-state index contributed by atoms with van der Waals surface area (Å²) >= 11 is 0. The number of cyclic esters (lactones) is 2. The van der Waals surface area contributed by atoms with Crippen molar-refractivity contribution >= 4 is 33.5 Å². The molecule has 0 radical (unpaired) electrons. The van der Waals surface area contributed by atoms with Gasteiger partial charge < -0.3 is 40.1 Å². The molecule has 218 valence electrons. The van der Waals surface area contributed by atoms with E-state index in [2.05, 4.69) is 0 Å². The molecule has 10 heteroatoms. The van der Waals surface area contributed by atoms with Gasteiger partial charge in [0.05, 0.1) is 10.8 Å². The number of carbonyl (C=O) groups excluding carboxylic acids is 2. The first-order valence-electron chi connectivity index (χ1n) is 13.9. The van der Waals surface area contributed by atoms with Crippen LogP contribution in [0.4, 0.5) is 0 Å². The summed E-state index contributed by atoms with van der Waals surface area (Å²) in [5.74, 6) is -4.48. The summed E-state index contributed by atoms with van der Waals surface area (Å²) in [7, 11) is 0. The Labute approximate surface area is 240 Å². The van der Waals surface area contributed by atoms with E-state index in [9.17, 15) is 40.2 Å². The Morgan fingerprint density at radius 1 is 0.595 bits per heavy atom. The van der Waals surface area contributed by atoms with E-state index in [0.29, 0.717) is 24.0 Å². The predicted molar refractivity (Wildman–Crippen MR) is 153 cm³/mol. The van der Waals surface area contributed by atoms with Gasteiger partial charge in [-0.15, -0.1) is 0 Å². The average Bonchev–Trinajstić information content (AvgIpc) is 2.89. The zero-order chi connectivity index (χ0) is 30.0. The zero-order valence-electron chi connectivity index (χ0n) is 23.0. The van der Waals surface area contributed by atoms with Gasteiger partial charge in [-0.25, -0.2) is 9.59 Å². The maximum Gasteiger partial charge on any atom is 0.342 e. The number of fused-ring (bicyclic) bond motifs is 4. The van der Waals surface area contributed by atoms with Gasteiger partial charge in [0.1, 0.15) is 57.8 Å². The van der Waals surface area contributed by atoms with Crippen molar-refractivity contribution in [3.05, 3.63) is 46.5 Å². The van der Waals surface area contributed by atoms with Crippen LogP contribution < -0.4 is 0 Å². The van der Waals surface area contributed by atoms with Crippen molar-refractivity contribution in [2.75, 3.05) is 0 Å². The van der Waals surface area contributed by atoms with Gasteiger partial charge in [-0.3, -0.25) is 0 Å². The number of hydrogen-bond donors (Lipinski definition) is 6. The van der Waals surface area contributed by atoms with Gasteiger partial charge in [-0.2, -0.15) is 0 Å². The molecule has 6 rings (SSSR count). The number of aromatic hydroxyl groups is 6. The number of carbonyl (C=O) groups is 2. The lowest BCUT2D eigenvalue weighted by Gasteiger charge is -2.27. The van der Waals surface area contributed by atoms with Gasteiger partial charge in [0.2, 0.25) is 0 Å². The minimum absolute atomic E-state index is 0.0165. The van der Waals surface area contributed by atoms with Gasteiger partial charge in [0.15, 0.2) is 0 Å². The van der Waals surface area contributed by atoms with Crippen molar-refractivity contribution in [3.8, 4) is 45.6 Å². The van der Waals surface area contributed by atoms with E-state index in [1.807, 2.05) is 13.8 Å². The third-order valence-corrected chi connectivity index (χ3v) is 8.20. The normalized spacial score (nSPS) is 18.0. The fourth-order valence-electron chi connectivity index (χ4n) is 6.45. The number of rotatable bonds is 5. The summed E-state index contributed by atoms with van der Waals surface area (Å²) in [4.78, 5) is 25.7. The second kappa shape index (κ2) is 9.90. The summed E-state index contributed by atoms with van der Waals surface area (Å²) in [6.07, 6.45) is 2.42. The maximum absolute atomic E-state index is 12.9. The summed E-state index contributed by atoms with van der Waals surface area (Å²) < 4.78 is 11.0. The van der Waals surface area contributed by atoms with Crippen molar-refractivity contribution in [2.24, 2.45) is 0 Å². The lowest BCUT2D eigenvalue weighted by molar-refractivity contribution is 0.0222. The summed E-state index contributed by atoms with van der Waals surface area (Å²) in [6, 6.07) is 5.08. The Morgan fingerprint density at radius 3 is 1.33 bits per heavy atom. The number of phenols is 6. The molecule has 42 heavy (non-hydrogen) atoms. The van der Waals surface area contributed by atoms with E-state index in [1.54, 1.807) is 12.1 Å². The van der Waals surface area contributed by atoms with Crippen molar-refractivity contribution in [1.82, 2.24) is 0 Å². The van der Waals surface area contributed by atoms with Gasteiger partial charge in [0.25, 0.3) is 0 Å². The average molecular weight is 575 g/mol. The second-order valence-electron chi connectivity index (χ2n) is 11.0. The predicted octanol–water partition coefficient (Wildman–Crippen LogP) is 5.66. The molecule has 0 bridgehead atoms. The molecular formula is C32H30O10. The molecule has 2 atom stereocenters. The Kier molecular flexibility index (Phi) is 6.44. The van der Waals surface area contributed by atoms with Crippen LogP contribution in [0.5, 0.6) is 34.5 Å². The molecular weight excluding hydrogens is 544 g/mol. The standard InChI is InChI=1S/C32H30O10/c1-3-5-15-7-13-9-17-25(19(33)11-21(35)27(17)29(37)23(13)31(39)41-15)26-18-10-14-8-16(6-4-2)42-32(40)24(14)30(38)28(18)22(36)12-20(26)34/h9-12,15-16,33-38H,3-8H2,1-2H3/t15-,16+. The SMILES string of the molecule is CCC[C@@H]1Cc2cc3c(-c4c(O)cc(O)c5c(O)c6c(cc45)C[C@H](CCC)OC6=O)c(O)cc(O)c3c(O)c2C(=O)O1. The lowest BCUT2D eigenvalue weighted by atomic mass is 9.85. The van der Waals surface area contributed by atoms with Crippen LogP contribution in [0, 0.1) is 0 Å². The Balaban J connectivity index is 1.69. The van der Waals surface area contributed by atoms with Crippen LogP contribution >= 0.6 is 0 Å². The van der Waals surface area contributed by atoms with E-state index < -0.39 is 58.6 Å². The highest BCUT2D eigenvalue weighted by molar-refractivity contribution is 6.18. The number of hydrogen-bond acceptors (Lipinski definition) is 10. The highest BCUT2D eigenvalue weighted by atomic mass is 16.5. The topological polar surface area (TPSA) is 174 Å². The minimum Gasteiger partial charge on any atom is -0.507 e. The van der Waals surface area contributed by atoms with Crippen LogP contribution in [0.1, 0.15) is 71.4 Å². The molecule has 0 saturated carbocycles. The Hall–Kier alpha value is -4.86. The van der Waals surface area contributed by atoms with Crippen LogP contribution in [0.15, 0.2) is 24.3 Å². The summed E-state index contributed by atoms with van der Waals surface area (Å²) in [5, 5.41) is 66.4. The molecule has 0 saturated heterocycles. The number of phenolic OH excluding ortho intramolecular Hbond substituents is 6. The second-order valence-corrected chi connectivity index (χ2v) is 11.0. The van der Waals surface area contributed by atoms with Gasteiger partial charge in [-0.1, -0.05) is 26.7 Å². The third kappa shape index (κ3) is 4.00.